The lowest BCUT2D eigenvalue weighted by atomic mass is 10.2. The molecule has 0 unspecified atom stereocenters. The van der Waals surface area contributed by atoms with Gasteiger partial charge in [-0.3, -0.25) is 5.41 Å². The van der Waals surface area contributed by atoms with Gasteiger partial charge in [-0.25, -0.2) is 9.79 Å². The topological polar surface area (TPSA) is 115 Å². The van der Waals surface area contributed by atoms with E-state index in [4.69, 9.17) is 14.9 Å². The van der Waals surface area contributed by atoms with Crippen molar-refractivity contribution in [2.24, 2.45) is 4.99 Å². The van der Waals surface area contributed by atoms with Gasteiger partial charge in [0.05, 0.1) is 32.1 Å². The summed E-state index contributed by atoms with van der Waals surface area (Å²) >= 11 is 0. The number of rotatable bonds is 8. The molecule has 0 bridgehead atoms. The molecule has 4 N–H and O–H groups in total. The highest BCUT2D eigenvalue weighted by Crippen LogP contribution is 2.13. The lowest BCUT2D eigenvalue weighted by Crippen LogP contribution is -2.41. The lowest BCUT2D eigenvalue weighted by Gasteiger charge is -2.29. The summed E-state index contributed by atoms with van der Waals surface area (Å²) in [6.45, 7) is 4.04. The first-order valence-corrected chi connectivity index (χ1v) is 11.6. The van der Waals surface area contributed by atoms with Crippen LogP contribution in [0.1, 0.15) is 16.8 Å². The fourth-order valence-electron chi connectivity index (χ4n) is 3.60. The zero-order valence-electron chi connectivity index (χ0n) is 19.5. The number of nitrogens with zero attached hydrogens (tertiary/aromatic N) is 2. The van der Waals surface area contributed by atoms with Gasteiger partial charge in [0, 0.05) is 37.1 Å². The second-order valence-electron chi connectivity index (χ2n) is 7.96. The molecule has 182 valence electrons. The first kappa shape index (κ1) is 24.2. The van der Waals surface area contributed by atoms with Gasteiger partial charge in [0.25, 0.3) is 0 Å². The number of amidine groups is 2. The highest BCUT2D eigenvalue weighted by molar-refractivity contribution is 6.09. The van der Waals surface area contributed by atoms with E-state index in [0.29, 0.717) is 44.2 Å². The molecule has 9 heteroatoms. The summed E-state index contributed by atoms with van der Waals surface area (Å²) in [7, 11) is 0. The van der Waals surface area contributed by atoms with E-state index in [0.717, 1.165) is 30.2 Å². The third-order valence-corrected chi connectivity index (χ3v) is 5.43. The van der Waals surface area contributed by atoms with Crippen LogP contribution in [-0.4, -0.2) is 67.0 Å². The zero-order valence-corrected chi connectivity index (χ0v) is 19.5. The molecule has 4 rings (SSSR count). The predicted molar refractivity (Wildman–Crippen MR) is 136 cm³/mol. The van der Waals surface area contributed by atoms with E-state index < -0.39 is 0 Å². The maximum Gasteiger partial charge on any atom is 0.319 e. The summed E-state index contributed by atoms with van der Waals surface area (Å²) in [5.41, 5.74) is 3.24. The predicted octanol–water partition coefficient (Wildman–Crippen LogP) is 3.46. The number of ether oxygens (including phenoxy) is 2. The number of hydrogen-bond donors (Lipinski definition) is 4. The first-order chi connectivity index (χ1) is 17.2. The highest BCUT2D eigenvalue weighted by Gasteiger charge is 2.18. The molecule has 1 aliphatic heterocycles. The number of aliphatic imine (C=N–C) groups is 1. The molecule has 1 saturated heterocycles. The van der Waals surface area contributed by atoms with E-state index in [-0.39, 0.29) is 11.9 Å². The Hall–Kier alpha value is -3.95. The van der Waals surface area contributed by atoms with Crippen LogP contribution >= 0.6 is 0 Å². The molecular formula is C26H30N6O3. The van der Waals surface area contributed by atoms with E-state index in [9.17, 15) is 4.79 Å². The number of H-pyrrole nitrogens is 1. The standard InChI is InChI=1S/C26H30N6O3/c27-24(31-25(23-7-4-12-28-23)32-14-17-34-18-15-32)21-8-10-22(11-9-21)30-26(33)29-13-16-35-19-20-5-2-1-3-6-20/h1-12,27-28H,13-19H2,(H2,29,30,33). The maximum absolute atomic E-state index is 12.2. The van der Waals surface area contributed by atoms with Crippen LogP contribution in [0.25, 0.3) is 0 Å². The number of morpholine rings is 1. The Morgan fingerprint density at radius 1 is 1.06 bits per heavy atom. The molecule has 0 radical (unpaired) electrons. The van der Waals surface area contributed by atoms with Crippen LogP contribution in [0.5, 0.6) is 0 Å². The number of urea groups is 1. The van der Waals surface area contributed by atoms with Crippen molar-refractivity contribution in [1.82, 2.24) is 15.2 Å². The van der Waals surface area contributed by atoms with Gasteiger partial charge in [-0.2, -0.15) is 0 Å². The van der Waals surface area contributed by atoms with Crippen molar-refractivity contribution < 1.29 is 14.3 Å². The maximum atomic E-state index is 12.2. The second kappa shape index (κ2) is 12.5. The van der Waals surface area contributed by atoms with Crippen molar-refractivity contribution in [1.29, 1.82) is 5.41 Å². The summed E-state index contributed by atoms with van der Waals surface area (Å²) in [6.07, 6.45) is 1.84. The first-order valence-electron chi connectivity index (χ1n) is 11.6. The summed E-state index contributed by atoms with van der Waals surface area (Å²) in [4.78, 5) is 22.1. The smallest absolute Gasteiger partial charge is 0.319 e. The summed E-state index contributed by atoms with van der Waals surface area (Å²) in [5.74, 6) is 0.868. The molecule has 3 aromatic rings. The Bertz CT molecular complexity index is 1110. The number of benzene rings is 2. The quantitative estimate of drug-likeness (QED) is 0.227. The number of carbonyl (C=O) groups excluding carboxylic acids is 1. The number of hydrogen-bond acceptors (Lipinski definition) is 4. The van der Waals surface area contributed by atoms with Crippen molar-refractivity contribution in [3.8, 4) is 0 Å². The van der Waals surface area contributed by atoms with Crippen molar-refractivity contribution in [2.75, 3.05) is 44.8 Å². The number of aromatic nitrogens is 1. The number of amides is 2. The minimum absolute atomic E-state index is 0.146. The van der Waals surface area contributed by atoms with Crippen LogP contribution in [0, 0.1) is 5.41 Å². The Morgan fingerprint density at radius 3 is 2.54 bits per heavy atom. The zero-order chi connectivity index (χ0) is 24.3. The second-order valence-corrected chi connectivity index (χ2v) is 7.96. The molecule has 2 aromatic carbocycles. The largest absolute Gasteiger partial charge is 0.378 e. The molecule has 1 fully saturated rings. The minimum atomic E-state index is -0.310. The van der Waals surface area contributed by atoms with Gasteiger partial charge in [-0.15, -0.1) is 0 Å². The molecule has 9 nitrogen and oxygen atoms in total. The Kier molecular flexibility index (Phi) is 8.63. The van der Waals surface area contributed by atoms with Gasteiger partial charge in [-0.05, 0) is 42.0 Å². The average molecular weight is 475 g/mol. The number of anilines is 1. The molecule has 0 aliphatic carbocycles. The van der Waals surface area contributed by atoms with Crippen molar-refractivity contribution in [3.63, 3.8) is 0 Å². The molecule has 0 spiro atoms. The van der Waals surface area contributed by atoms with Crippen LogP contribution in [-0.2, 0) is 16.1 Å². The number of aromatic amines is 1. The summed E-state index contributed by atoms with van der Waals surface area (Å²) in [6, 6.07) is 20.5. The highest BCUT2D eigenvalue weighted by atomic mass is 16.5. The number of carbonyl (C=O) groups is 1. The van der Waals surface area contributed by atoms with Crippen molar-refractivity contribution >= 4 is 23.4 Å². The minimum Gasteiger partial charge on any atom is -0.378 e. The fourth-order valence-corrected chi connectivity index (χ4v) is 3.60. The van der Waals surface area contributed by atoms with Gasteiger partial charge in [0.15, 0.2) is 11.7 Å². The third-order valence-electron chi connectivity index (χ3n) is 5.43. The molecule has 0 saturated carbocycles. The van der Waals surface area contributed by atoms with Crippen molar-refractivity contribution in [2.45, 2.75) is 6.61 Å². The van der Waals surface area contributed by atoms with Crippen LogP contribution < -0.4 is 10.6 Å². The monoisotopic (exact) mass is 474 g/mol. The molecule has 1 aromatic heterocycles. The van der Waals surface area contributed by atoms with E-state index in [1.165, 1.54) is 0 Å². The van der Waals surface area contributed by atoms with E-state index in [2.05, 4.69) is 25.5 Å². The SMILES string of the molecule is N=C(N=C(c1ccc[nH]1)N1CCOCC1)c1ccc(NC(=O)NCCOCc2ccccc2)cc1. The van der Waals surface area contributed by atoms with Gasteiger partial charge in [0.2, 0.25) is 0 Å². The average Bonchev–Trinajstić information content (AvgIpc) is 3.43. The van der Waals surface area contributed by atoms with Gasteiger partial charge >= 0.3 is 6.03 Å². The van der Waals surface area contributed by atoms with Crippen LogP contribution in [0.2, 0.25) is 0 Å². The summed E-state index contributed by atoms with van der Waals surface area (Å²) in [5, 5.41) is 14.1. The molecule has 2 amide bonds. The fraction of sp³-hybridized carbons (Fsp3) is 0.269. The van der Waals surface area contributed by atoms with Gasteiger partial charge < -0.3 is 30.0 Å². The van der Waals surface area contributed by atoms with E-state index >= 15 is 0 Å². The van der Waals surface area contributed by atoms with E-state index in [1.807, 2.05) is 48.7 Å². The molecule has 1 aliphatic rings. The molecular weight excluding hydrogens is 444 g/mol. The third kappa shape index (κ3) is 7.26. The summed E-state index contributed by atoms with van der Waals surface area (Å²) < 4.78 is 11.0. The number of nitrogens with one attached hydrogen (secondary N) is 4. The Balaban J connectivity index is 1.27. The Labute approximate surface area is 204 Å². The van der Waals surface area contributed by atoms with Crippen molar-refractivity contribution in [3.05, 3.63) is 89.7 Å². The van der Waals surface area contributed by atoms with Gasteiger partial charge in [0.1, 0.15) is 0 Å². The van der Waals surface area contributed by atoms with Crippen LogP contribution in [0.4, 0.5) is 10.5 Å². The Morgan fingerprint density at radius 2 is 1.83 bits per heavy atom. The molecule has 35 heavy (non-hydrogen) atoms. The van der Waals surface area contributed by atoms with Gasteiger partial charge in [-0.1, -0.05) is 30.3 Å². The molecule has 0 atom stereocenters. The van der Waals surface area contributed by atoms with E-state index in [1.54, 1.807) is 24.3 Å². The lowest BCUT2D eigenvalue weighted by molar-refractivity contribution is 0.0682. The van der Waals surface area contributed by atoms with Crippen LogP contribution in [0.15, 0.2) is 77.9 Å². The molecule has 2 heterocycles. The normalized spacial score (nSPS) is 13.9. The van der Waals surface area contributed by atoms with Crippen LogP contribution in [0.3, 0.4) is 0 Å².